The molecule has 0 aliphatic heterocycles. The second-order valence-corrected chi connectivity index (χ2v) is 3.26. The number of nitriles is 1. The number of carbonyl (C=O) groups excluding carboxylic acids is 1. The minimum Gasteiger partial charge on any atom is -0.273 e. The lowest BCUT2D eigenvalue weighted by Crippen LogP contribution is -2.06. The van der Waals surface area contributed by atoms with Crippen molar-refractivity contribution in [1.29, 1.82) is 5.26 Å². The van der Waals surface area contributed by atoms with Crippen LogP contribution >= 0.6 is 0 Å². The van der Waals surface area contributed by atoms with Gasteiger partial charge in [0.05, 0.1) is 24.2 Å². The summed E-state index contributed by atoms with van der Waals surface area (Å²) >= 11 is 0. The molecule has 0 saturated heterocycles. The summed E-state index contributed by atoms with van der Waals surface area (Å²) in [5.74, 6) is -0.126. The molecule has 2 aromatic rings. The molecule has 0 aliphatic carbocycles. The SMILES string of the molecule is CC(=O)n1ncc2c(CC#N)cccc21. The molecule has 0 amide bonds. The molecule has 0 spiro atoms. The van der Waals surface area contributed by atoms with Gasteiger partial charge in [0.1, 0.15) is 0 Å². The largest absolute Gasteiger partial charge is 0.273 e. The van der Waals surface area contributed by atoms with E-state index in [1.54, 1.807) is 6.20 Å². The zero-order valence-electron chi connectivity index (χ0n) is 8.27. The van der Waals surface area contributed by atoms with Crippen LogP contribution in [0.2, 0.25) is 0 Å². The number of aromatic nitrogens is 2. The van der Waals surface area contributed by atoms with Crippen molar-refractivity contribution in [1.82, 2.24) is 9.78 Å². The van der Waals surface area contributed by atoms with Gasteiger partial charge in [-0.1, -0.05) is 12.1 Å². The topological polar surface area (TPSA) is 58.7 Å². The zero-order valence-corrected chi connectivity index (χ0v) is 8.27. The smallest absolute Gasteiger partial charge is 0.244 e. The fourth-order valence-electron chi connectivity index (χ4n) is 1.60. The van der Waals surface area contributed by atoms with Crippen molar-refractivity contribution in [3.63, 3.8) is 0 Å². The highest BCUT2D eigenvalue weighted by molar-refractivity contribution is 5.91. The third-order valence-electron chi connectivity index (χ3n) is 2.27. The lowest BCUT2D eigenvalue weighted by molar-refractivity contribution is 0.0927. The van der Waals surface area contributed by atoms with Crippen LogP contribution < -0.4 is 0 Å². The van der Waals surface area contributed by atoms with E-state index in [1.807, 2.05) is 18.2 Å². The fourth-order valence-corrected chi connectivity index (χ4v) is 1.60. The predicted octanol–water partition coefficient (Wildman–Crippen LogP) is 1.76. The van der Waals surface area contributed by atoms with Gasteiger partial charge in [-0.25, -0.2) is 4.68 Å². The molecule has 74 valence electrons. The summed E-state index contributed by atoms with van der Waals surface area (Å²) in [4.78, 5) is 11.2. The molecule has 2 rings (SSSR count). The van der Waals surface area contributed by atoms with Crippen molar-refractivity contribution >= 4 is 16.8 Å². The first kappa shape index (κ1) is 9.41. The van der Waals surface area contributed by atoms with Crippen molar-refractivity contribution in [3.8, 4) is 6.07 Å². The number of benzene rings is 1. The Kier molecular flexibility index (Phi) is 2.22. The Balaban J connectivity index is 2.69. The molecule has 0 saturated carbocycles. The molecule has 0 atom stereocenters. The quantitative estimate of drug-likeness (QED) is 0.703. The number of rotatable bonds is 1. The van der Waals surface area contributed by atoms with Crippen LogP contribution in [0.25, 0.3) is 10.9 Å². The van der Waals surface area contributed by atoms with Gasteiger partial charge in [-0.15, -0.1) is 0 Å². The van der Waals surface area contributed by atoms with Crippen molar-refractivity contribution in [2.75, 3.05) is 0 Å². The highest BCUT2D eigenvalue weighted by atomic mass is 16.2. The molecule has 1 heterocycles. The van der Waals surface area contributed by atoms with Crippen LogP contribution in [0.15, 0.2) is 24.4 Å². The van der Waals surface area contributed by atoms with E-state index in [1.165, 1.54) is 11.6 Å². The molecule has 15 heavy (non-hydrogen) atoms. The van der Waals surface area contributed by atoms with E-state index in [0.717, 1.165) is 16.5 Å². The molecule has 0 aliphatic rings. The maximum atomic E-state index is 11.2. The Morgan fingerprint density at radius 2 is 2.40 bits per heavy atom. The average molecular weight is 199 g/mol. The highest BCUT2D eigenvalue weighted by Gasteiger charge is 2.08. The summed E-state index contributed by atoms with van der Waals surface area (Å²) in [6, 6.07) is 7.62. The van der Waals surface area contributed by atoms with Gasteiger partial charge in [-0.05, 0) is 11.6 Å². The van der Waals surface area contributed by atoms with Gasteiger partial charge in [-0.2, -0.15) is 10.4 Å². The Morgan fingerprint density at radius 1 is 1.60 bits per heavy atom. The van der Waals surface area contributed by atoms with Crippen LogP contribution in [0.1, 0.15) is 17.3 Å². The monoisotopic (exact) mass is 199 g/mol. The molecular weight excluding hydrogens is 190 g/mol. The molecule has 1 aromatic heterocycles. The Bertz CT molecular complexity index is 563. The van der Waals surface area contributed by atoms with Gasteiger partial charge in [0.15, 0.2) is 0 Å². The summed E-state index contributed by atoms with van der Waals surface area (Å²) in [7, 11) is 0. The van der Waals surface area contributed by atoms with Crippen LogP contribution in [-0.4, -0.2) is 15.7 Å². The van der Waals surface area contributed by atoms with Gasteiger partial charge in [0, 0.05) is 12.3 Å². The predicted molar refractivity (Wildman–Crippen MR) is 55.4 cm³/mol. The summed E-state index contributed by atoms with van der Waals surface area (Å²) in [5.41, 5.74) is 1.66. The van der Waals surface area contributed by atoms with Crippen LogP contribution in [-0.2, 0) is 6.42 Å². The maximum absolute atomic E-state index is 11.2. The molecule has 1 aromatic carbocycles. The van der Waals surface area contributed by atoms with Gasteiger partial charge in [0.2, 0.25) is 5.91 Å². The van der Waals surface area contributed by atoms with E-state index in [9.17, 15) is 4.79 Å². The molecule has 0 bridgehead atoms. The summed E-state index contributed by atoms with van der Waals surface area (Å²) in [6.45, 7) is 1.46. The number of fused-ring (bicyclic) bond motifs is 1. The van der Waals surface area contributed by atoms with E-state index < -0.39 is 0 Å². The molecule has 0 radical (unpaired) electrons. The van der Waals surface area contributed by atoms with Crippen molar-refractivity contribution < 1.29 is 4.79 Å². The highest BCUT2D eigenvalue weighted by Crippen LogP contribution is 2.18. The van der Waals surface area contributed by atoms with Crippen LogP contribution in [0.5, 0.6) is 0 Å². The van der Waals surface area contributed by atoms with E-state index in [4.69, 9.17) is 5.26 Å². The Hall–Kier alpha value is -2.15. The molecule has 0 fully saturated rings. The molecule has 0 N–H and O–H groups in total. The standard InChI is InChI=1S/C11H9N3O/c1-8(15)14-11-4-2-3-9(5-6-12)10(11)7-13-14/h2-4,7H,5H2,1H3. The molecule has 4 heteroatoms. The first-order valence-corrected chi connectivity index (χ1v) is 4.57. The van der Waals surface area contributed by atoms with Crippen LogP contribution in [0.3, 0.4) is 0 Å². The van der Waals surface area contributed by atoms with E-state index in [-0.39, 0.29) is 5.91 Å². The van der Waals surface area contributed by atoms with E-state index in [2.05, 4.69) is 11.2 Å². The minimum atomic E-state index is -0.126. The van der Waals surface area contributed by atoms with Gasteiger partial charge < -0.3 is 0 Å². The summed E-state index contributed by atoms with van der Waals surface area (Å²) in [5, 5.41) is 13.5. The molecular formula is C11H9N3O. The number of hydrogen-bond acceptors (Lipinski definition) is 3. The molecule has 4 nitrogen and oxygen atoms in total. The van der Waals surface area contributed by atoms with Crippen molar-refractivity contribution in [3.05, 3.63) is 30.0 Å². The second kappa shape index (κ2) is 3.54. The van der Waals surface area contributed by atoms with Crippen LogP contribution in [0, 0.1) is 11.3 Å². The van der Waals surface area contributed by atoms with E-state index >= 15 is 0 Å². The first-order chi connectivity index (χ1) is 7.24. The molecule has 0 unspecified atom stereocenters. The summed E-state index contributed by atoms with van der Waals surface area (Å²) < 4.78 is 1.34. The lowest BCUT2D eigenvalue weighted by atomic mass is 10.1. The van der Waals surface area contributed by atoms with Gasteiger partial charge in [0.25, 0.3) is 0 Å². The number of hydrogen-bond donors (Lipinski definition) is 0. The normalized spacial score (nSPS) is 10.1. The lowest BCUT2D eigenvalue weighted by Gasteiger charge is -1.99. The minimum absolute atomic E-state index is 0.126. The van der Waals surface area contributed by atoms with Crippen molar-refractivity contribution in [2.45, 2.75) is 13.3 Å². The maximum Gasteiger partial charge on any atom is 0.244 e. The van der Waals surface area contributed by atoms with Crippen LogP contribution in [0.4, 0.5) is 0 Å². The fraction of sp³-hybridized carbons (Fsp3) is 0.182. The average Bonchev–Trinajstić information content (AvgIpc) is 2.62. The Morgan fingerprint density at radius 3 is 3.07 bits per heavy atom. The number of carbonyl (C=O) groups is 1. The third-order valence-corrected chi connectivity index (χ3v) is 2.27. The van der Waals surface area contributed by atoms with E-state index in [0.29, 0.717) is 6.42 Å². The van der Waals surface area contributed by atoms with Gasteiger partial charge >= 0.3 is 0 Å². The number of nitrogens with zero attached hydrogens (tertiary/aromatic N) is 3. The van der Waals surface area contributed by atoms with Gasteiger partial charge in [-0.3, -0.25) is 4.79 Å². The Labute approximate surface area is 86.7 Å². The first-order valence-electron chi connectivity index (χ1n) is 4.57. The third kappa shape index (κ3) is 1.48. The summed E-state index contributed by atoms with van der Waals surface area (Å²) in [6.07, 6.45) is 1.96. The second-order valence-electron chi connectivity index (χ2n) is 3.26. The van der Waals surface area contributed by atoms with Crippen molar-refractivity contribution in [2.24, 2.45) is 0 Å². The zero-order chi connectivity index (χ0) is 10.8.